The summed E-state index contributed by atoms with van der Waals surface area (Å²) in [6, 6.07) is 0. The first-order chi connectivity index (χ1) is 11.9. The van der Waals surface area contributed by atoms with Crippen LogP contribution < -0.4 is 5.32 Å². The molecule has 1 aliphatic carbocycles. The number of halogens is 1. The van der Waals surface area contributed by atoms with Crippen LogP contribution in [0.4, 0.5) is 0 Å². The maximum absolute atomic E-state index is 12.7. The van der Waals surface area contributed by atoms with Crippen LogP contribution in [0.2, 0.25) is 0 Å². The lowest BCUT2D eigenvalue weighted by Crippen LogP contribution is -2.43. The second kappa shape index (κ2) is 10.4. The van der Waals surface area contributed by atoms with Crippen LogP contribution in [-0.2, 0) is 11.3 Å². The highest BCUT2D eigenvalue weighted by atomic mass is 127. The monoisotopic (exact) mass is 493 g/mol. The van der Waals surface area contributed by atoms with Crippen molar-refractivity contribution in [2.75, 3.05) is 34.2 Å². The molecule has 1 heterocycles. The molecule has 1 aliphatic rings. The summed E-state index contributed by atoms with van der Waals surface area (Å²) in [6.07, 6.45) is 4.09. The van der Waals surface area contributed by atoms with Gasteiger partial charge in [-0.05, 0) is 26.7 Å². The average Bonchev–Trinajstić information content (AvgIpc) is 3.20. The molecule has 0 atom stereocenters. The molecule has 0 unspecified atom stereocenters. The smallest absolute Gasteiger partial charge is 0.230 e. The van der Waals surface area contributed by atoms with E-state index in [1.165, 1.54) is 0 Å². The van der Waals surface area contributed by atoms with Crippen LogP contribution in [0.25, 0.3) is 0 Å². The number of hydrogen-bond acceptors (Lipinski definition) is 4. The molecule has 1 fully saturated rings. The predicted octanol–water partition coefficient (Wildman–Crippen LogP) is 3.12. The molecule has 0 aliphatic heterocycles. The molecule has 1 aromatic rings. The normalized spacial score (nSPS) is 16.1. The molecule has 0 saturated heterocycles. The highest BCUT2D eigenvalue weighted by Gasteiger charge is 2.42. The van der Waals surface area contributed by atoms with Gasteiger partial charge < -0.3 is 15.1 Å². The van der Waals surface area contributed by atoms with Gasteiger partial charge in [0, 0.05) is 33.1 Å². The van der Waals surface area contributed by atoms with Gasteiger partial charge in [-0.2, -0.15) is 0 Å². The third-order valence-electron chi connectivity index (χ3n) is 4.71. The van der Waals surface area contributed by atoms with Gasteiger partial charge in [-0.15, -0.1) is 35.3 Å². The zero-order valence-electron chi connectivity index (χ0n) is 16.5. The molecule has 26 heavy (non-hydrogen) atoms. The van der Waals surface area contributed by atoms with E-state index >= 15 is 0 Å². The number of nitrogens with one attached hydrogen (secondary N) is 1. The van der Waals surface area contributed by atoms with Gasteiger partial charge in [0.25, 0.3) is 0 Å². The molecule has 0 spiro atoms. The van der Waals surface area contributed by atoms with Crippen molar-refractivity contribution in [2.24, 2.45) is 10.4 Å². The number of carbonyl (C=O) groups excluding carboxylic acids is 1. The van der Waals surface area contributed by atoms with Crippen LogP contribution in [0.15, 0.2) is 10.4 Å². The lowest BCUT2D eigenvalue weighted by atomic mass is 9.85. The Kier molecular flexibility index (Phi) is 9.29. The lowest BCUT2D eigenvalue weighted by molar-refractivity contribution is -0.138. The van der Waals surface area contributed by atoms with Crippen LogP contribution in [0.5, 0.6) is 0 Å². The van der Waals surface area contributed by atoms with Crippen molar-refractivity contribution in [3.05, 3.63) is 16.1 Å². The Morgan fingerprint density at radius 3 is 2.50 bits per heavy atom. The third-order valence-corrected chi connectivity index (χ3v) is 5.54. The number of aliphatic imine (C=N–C) groups is 1. The summed E-state index contributed by atoms with van der Waals surface area (Å²) in [5.41, 5.74) is 0.720. The molecule has 0 aromatic carbocycles. The fourth-order valence-electron chi connectivity index (χ4n) is 3.46. The lowest BCUT2D eigenvalue weighted by Gasteiger charge is -2.30. The topological polar surface area (TPSA) is 60.8 Å². The number of nitrogens with zero attached hydrogens (tertiary/aromatic N) is 4. The summed E-state index contributed by atoms with van der Waals surface area (Å²) in [4.78, 5) is 25.9. The Balaban J connectivity index is 0.00000338. The van der Waals surface area contributed by atoms with Crippen molar-refractivity contribution in [3.63, 3.8) is 0 Å². The molecule has 1 saturated carbocycles. The Labute approximate surface area is 178 Å². The van der Waals surface area contributed by atoms with Crippen LogP contribution in [0.1, 0.15) is 43.3 Å². The van der Waals surface area contributed by atoms with Gasteiger partial charge in [-0.3, -0.25) is 9.79 Å². The number of aryl methyl sites for hydroxylation is 1. The van der Waals surface area contributed by atoms with Crippen LogP contribution in [-0.4, -0.2) is 60.9 Å². The van der Waals surface area contributed by atoms with E-state index in [0.717, 1.165) is 48.9 Å². The fraction of sp³-hybridized carbons (Fsp3) is 0.722. The number of amides is 1. The van der Waals surface area contributed by atoms with E-state index in [-0.39, 0.29) is 35.3 Å². The standard InChI is InChI=1S/C18H31N5OS.HI/c1-6-19-17(23(5)11-15-12-25-14(2)21-15)20-13-18(9-7-8-10-18)16(24)22(3)4;/h12H,6-11,13H2,1-5H3,(H,19,20);1H. The molecule has 8 heteroatoms. The van der Waals surface area contributed by atoms with Crippen molar-refractivity contribution in [1.29, 1.82) is 0 Å². The quantitative estimate of drug-likeness (QED) is 0.376. The zero-order valence-corrected chi connectivity index (χ0v) is 19.7. The molecule has 2 rings (SSSR count). The summed E-state index contributed by atoms with van der Waals surface area (Å²) >= 11 is 1.66. The molecule has 1 aromatic heterocycles. The number of rotatable bonds is 6. The zero-order chi connectivity index (χ0) is 18.4. The van der Waals surface area contributed by atoms with Crippen LogP contribution in [0, 0.1) is 12.3 Å². The second-order valence-corrected chi connectivity index (χ2v) is 8.13. The number of hydrogen-bond donors (Lipinski definition) is 1. The van der Waals surface area contributed by atoms with Crippen LogP contribution in [0.3, 0.4) is 0 Å². The predicted molar refractivity (Wildman–Crippen MR) is 119 cm³/mol. The van der Waals surface area contributed by atoms with Crippen molar-refractivity contribution < 1.29 is 4.79 Å². The van der Waals surface area contributed by atoms with Crippen molar-refractivity contribution in [1.82, 2.24) is 20.1 Å². The molecule has 0 radical (unpaired) electrons. The number of guanidine groups is 1. The molecule has 0 bridgehead atoms. The molecule has 1 N–H and O–H groups in total. The molecular formula is C18H32IN5OS. The highest BCUT2D eigenvalue weighted by Crippen LogP contribution is 2.39. The van der Waals surface area contributed by atoms with E-state index in [4.69, 9.17) is 4.99 Å². The Bertz CT molecular complexity index is 610. The third kappa shape index (κ3) is 5.80. The van der Waals surface area contributed by atoms with Crippen LogP contribution >= 0.6 is 35.3 Å². The summed E-state index contributed by atoms with van der Waals surface area (Å²) in [6.45, 7) is 6.14. The van der Waals surface area contributed by atoms with Crippen molar-refractivity contribution in [2.45, 2.75) is 46.1 Å². The summed E-state index contributed by atoms with van der Waals surface area (Å²) in [5, 5.41) is 6.51. The summed E-state index contributed by atoms with van der Waals surface area (Å²) < 4.78 is 0. The van der Waals surface area contributed by atoms with E-state index in [9.17, 15) is 4.79 Å². The van der Waals surface area contributed by atoms with Gasteiger partial charge in [0.1, 0.15) is 0 Å². The fourth-order valence-corrected chi connectivity index (χ4v) is 4.06. The Morgan fingerprint density at radius 2 is 2.00 bits per heavy atom. The van der Waals surface area contributed by atoms with Gasteiger partial charge in [0.2, 0.25) is 5.91 Å². The molecule has 1 amide bonds. The average molecular weight is 493 g/mol. The van der Waals surface area contributed by atoms with Gasteiger partial charge in [-0.1, -0.05) is 12.8 Å². The maximum Gasteiger partial charge on any atom is 0.230 e. The van der Waals surface area contributed by atoms with Gasteiger partial charge >= 0.3 is 0 Å². The first kappa shape index (κ1) is 23.1. The van der Waals surface area contributed by atoms with E-state index < -0.39 is 0 Å². The SMILES string of the molecule is CCNC(=NCC1(C(=O)N(C)C)CCCC1)N(C)Cc1csc(C)n1.I. The molecule has 6 nitrogen and oxygen atoms in total. The van der Waals surface area contributed by atoms with Gasteiger partial charge in [0.05, 0.1) is 29.2 Å². The number of thiazole rings is 1. The first-order valence-electron chi connectivity index (χ1n) is 9.00. The summed E-state index contributed by atoms with van der Waals surface area (Å²) in [5.74, 6) is 1.05. The second-order valence-electron chi connectivity index (χ2n) is 7.07. The number of carbonyl (C=O) groups is 1. The maximum atomic E-state index is 12.7. The minimum Gasteiger partial charge on any atom is -0.357 e. The largest absolute Gasteiger partial charge is 0.357 e. The van der Waals surface area contributed by atoms with E-state index in [1.807, 2.05) is 28.1 Å². The molecular weight excluding hydrogens is 461 g/mol. The van der Waals surface area contributed by atoms with E-state index in [2.05, 4.69) is 27.5 Å². The Morgan fingerprint density at radius 1 is 1.35 bits per heavy atom. The van der Waals surface area contributed by atoms with Gasteiger partial charge in [0.15, 0.2) is 5.96 Å². The first-order valence-corrected chi connectivity index (χ1v) is 9.88. The minimum atomic E-state index is -0.331. The van der Waals surface area contributed by atoms with Crippen molar-refractivity contribution in [3.8, 4) is 0 Å². The van der Waals surface area contributed by atoms with E-state index in [1.54, 1.807) is 16.2 Å². The minimum absolute atomic E-state index is 0. The summed E-state index contributed by atoms with van der Waals surface area (Å²) in [7, 11) is 5.70. The van der Waals surface area contributed by atoms with E-state index in [0.29, 0.717) is 13.1 Å². The van der Waals surface area contributed by atoms with Crippen molar-refractivity contribution >= 4 is 47.2 Å². The van der Waals surface area contributed by atoms with Gasteiger partial charge in [-0.25, -0.2) is 4.98 Å². The molecule has 148 valence electrons. The number of aromatic nitrogens is 1. The Hall–Kier alpha value is -0.900. The highest BCUT2D eigenvalue weighted by molar-refractivity contribution is 14.0.